The molecule has 4 fully saturated rings. The molecule has 0 saturated heterocycles. The first-order chi connectivity index (χ1) is 10.5. The highest BCUT2D eigenvalue weighted by Gasteiger charge is 2.60. The Morgan fingerprint density at radius 1 is 0.864 bits per heavy atom. The van der Waals surface area contributed by atoms with Crippen molar-refractivity contribution in [3.05, 3.63) is 0 Å². The van der Waals surface area contributed by atoms with Gasteiger partial charge in [-0.1, -0.05) is 13.8 Å². The standard InChI is InChI=1S/C20H34O2/c1-19-10-8-14(21)12-13(19)4-5-15-16-6-7-18(22-3)20(16,2)11-9-17(15)19/h13-18,21H,4-12H2,1-3H3/t13-,14-,15+,16+,17+,18?,19+,20+/m1/s1. The van der Waals surface area contributed by atoms with Crippen LogP contribution in [0, 0.1) is 34.5 Å². The van der Waals surface area contributed by atoms with Gasteiger partial charge >= 0.3 is 0 Å². The molecule has 4 saturated carbocycles. The van der Waals surface area contributed by atoms with E-state index in [0.717, 1.165) is 36.5 Å². The molecule has 4 aliphatic rings. The molecule has 8 atom stereocenters. The predicted octanol–water partition coefficient (Wildman–Crippen LogP) is 4.41. The van der Waals surface area contributed by atoms with Gasteiger partial charge in [0.1, 0.15) is 0 Å². The number of hydrogen-bond acceptors (Lipinski definition) is 2. The van der Waals surface area contributed by atoms with Crippen LogP contribution in [0.3, 0.4) is 0 Å². The minimum atomic E-state index is -0.0205. The minimum absolute atomic E-state index is 0.0205. The first-order valence-electron chi connectivity index (χ1n) is 9.70. The fourth-order valence-electron chi connectivity index (χ4n) is 7.57. The zero-order chi connectivity index (χ0) is 15.5. The van der Waals surface area contributed by atoms with Crippen LogP contribution in [0.25, 0.3) is 0 Å². The first-order valence-corrected chi connectivity index (χ1v) is 9.70. The zero-order valence-corrected chi connectivity index (χ0v) is 14.7. The number of ether oxygens (including phenoxy) is 1. The summed E-state index contributed by atoms with van der Waals surface area (Å²) in [6.45, 7) is 5.10. The molecular weight excluding hydrogens is 272 g/mol. The van der Waals surface area contributed by atoms with Crippen molar-refractivity contribution in [3.63, 3.8) is 0 Å². The highest BCUT2D eigenvalue weighted by Crippen LogP contribution is 2.66. The maximum atomic E-state index is 10.1. The van der Waals surface area contributed by atoms with Crippen LogP contribution in [0.4, 0.5) is 0 Å². The Balaban J connectivity index is 1.61. The van der Waals surface area contributed by atoms with Crippen LogP contribution >= 0.6 is 0 Å². The van der Waals surface area contributed by atoms with E-state index in [0.29, 0.717) is 16.9 Å². The second-order valence-corrected chi connectivity index (χ2v) is 9.43. The zero-order valence-electron chi connectivity index (χ0n) is 14.7. The Hall–Kier alpha value is -0.0800. The van der Waals surface area contributed by atoms with Gasteiger partial charge in [0.2, 0.25) is 0 Å². The van der Waals surface area contributed by atoms with Crippen LogP contribution in [0.5, 0.6) is 0 Å². The first kappa shape index (κ1) is 15.4. The summed E-state index contributed by atoms with van der Waals surface area (Å²) < 4.78 is 5.88. The molecule has 4 rings (SSSR count). The summed E-state index contributed by atoms with van der Waals surface area (Å²) in [5, 5.41) is 10.1. The van der Waals surface area contributed by atoms with Crippen LogP contribution in [-0.4, -0.2) is 24.4 Å². The van der Waals surface area contributed by atoms with E-state index in [4.69, 9.17) is 4.74 Å². The van der Waals surface area contributed by atoms with Crippen molar-refractivity contribution in [2.45, 2.75) is 83.8 Å². The van der Waals surface area contributed by atoms with E-state index in [1.165, 1.54) is 44.9 Å². The van der Waals surface area contributed by atoms with Crippen molar-refractivity contribution in [2.24, 2.45) is 34.5 Å². The lowest BCUT2D eigenvalue weighted by Gasteiger charge is -2.60. The second kappa shape index (κ2) is 5.21. The van der Waals surface area contributed by atoms with E-state index < -0.39 is 0 Å². The SMILES string of the molecule is COC1CC[C@H]2[C@@H]3CC[C@@H]4C[C@H](O)CC[C@]4(C)[C@H]3CC[C@]12C. The third-order valence-corrected chi connectivity index (χ3v) is 8.84. The lowest BCUT2D eigenvalue weighted by molar-refractivity contribution is -0.137. The number of hydrogen-bond donors (Lipinski definition) is 1. The molecule has 0 radical (unpaired) electrons. The molecule has 0 amide bonds. The summed E-state index contributed by atoms with van der Waals surface area (Å²) >= 11 is 0. The summed E-state index contributed by atoms with van der Waals surface area (Å²) in [7, 11) is 1.92. The van der Waals surface area contributed by atoms with E-state index >= 15 is 0 Å². The van der Waals surface area contributed by atoms with Gasteiger partial charge in [-0.05, 0) is 92.3 Å². The van der Waals surface area contributed by atoms with Crippen molar-refractivity contribution >= 4 is 0 Å². The Labute approximate surface area is 136 Å². The van der Waals surface area contributed by atoms with Gasteiger partial charge in [-0.25, -0.2) is 0 Å². The fraction of sp³-hybridized carbons (Fsp3) is 1.00. The van der Waals surface area contributed by atoms with Crippen LogP contribution in [-0.2, 0) is 4.74 Å². The van der Waals surface area contributed by atoms with Gasteiger partial charge in [-0.3, -0.25) is 0 Å². The van der Waals surface area contributed by atoms with Crippen molar-refractivity contribution in [2.75, 3.05) is 7.11 Å². The molecule has 22 heavy (non-hydrogen) atoms. The van der Waals surface area contributed by atoms with Crippen LogP contribution in [0.1, 0.15) is 71.6 Å². The number of methoxy groups -OCH3 is 1. The monoisotopic (exact) mass is 306 g/mol. The van der Waals surface area contributed by atoms with Gasteiger partial charge in [0.25, 0.3) is 0 Å². The van der Waals surface area contributed by atoms with E-state index in [-0.39, 0.29) is 6.10 Å². The molecule has 0 heterocycles. The number of fused-ring (bicyclic) bond motifs is 5. The topological polar surface area (TPSA) is 29.5 Å². The Morgan fingerprint density at radius 2 is 1.59 bits per heavy atom. The number of rotatable bonds is 1. The van der Waals surface area contributed by atoms with Gasteiger partial charge in [0.05, 0.1) is 12.2 Å². The quantitative estimate of drug-likeness (QED) is 0.778. The molecule has 0 spiro atoms. The smallest absolute Gasteiger partial charge is 0.0627 e. The molecule has 126 valence electrons. The van der Waals surface area contributed by atoms with Gasteiger partial charge in [0.15, 0.2) is 0 Å². The lowest BCUT2D eigenvalue weighted by atomic mass is 9.45. The fourth-order valence-corrected chi connectivity index (χ4v) is 7.57. The van der Waals surface area contributed by atoms with Crippen LogP contribution in [0.15, 0.2) is 0 Å². The van der Waals surface area contributed by atoms with Crippen LogP contribution in [0.2, 0.25) is 0 Å². The highest BCUT2D eigenvalue weighted by atomic mass is 16.5. The Bertz CT molecular complexity index is 435. The van der Waals surface area contributed by atoms with Crippen LogP contribution < -0.4 is 0 Å². The predicted molar refractivity (Wildman–Crippen MR) is 88.5 cm³/mol. The van der Waals surface area contributed by atoms with E-state index in [1.807, 2.05) is 7.11 Å². The molecule has 0 aromatic rings. The molecule has 1 unspecified atom stereocenters. The molecular formula is C20H34O2. The summed E-state index contributed by atoms with van der Waals surface area (Å²) in [5.41, 5.74) is 0.946. The van der Waals surface area contributed by atoms with Gasteiger partial charge in [-0.2, -0.15) is 0 Å². The molecule has 0 aliphatic heterocycles. The number of aliphatic hydroxyl groups is 1. The normalized spacial score (nSPS) is 57.8. The summed E-state index contributed by atoms with van der Waals surface area (Å²) in [5.74, 6) is 3.50. The third kappa shape index (κ3) is 1.99. The molecule has 4 aliphatic carbocycles. The largest absolute Gasteiger partial charge is 0.393 e. The third-order valence-electron chi connectivity index (χ3n) is 8.84. The van der Waals surface area contributed by atoms with Crippen molar-refractivity contribution < 1.29 is 9.84 Å². The highest BCUT2D eigenvalue weighted by molar-refractivity contribution is 5.09. The maximum absolute atomic E-state index is 10.1. The Morgan fingerprint density at radius 3 is 2.36 bits per heavy atom. The van der Waals surface area contributed by atoms with Crippen molar-refractivity contribution in [1.82, 2.24) is 0 Å². The summed E-state index contributed by atoms with van der Waals surface area (Å²) in [6, 6.07) is 0. The molecule has 2 nitrogen and oxygen atoms in total. The average molecular weight is 306 g/mol. The average Bonchev–Trinajstić information content (AvgIpc) is 2.84. The molecule has 0 aromatic heterocycles. The molecule has 1 N–H and O–H groups in total. The number of aliphatic hydroxyl groups excluding tert-OH is 1. The van der Waals surface area contributed by atoms with E-state index in [1.54, 1.807) is 0 Å². The minimum Gasteiger partial charge on any atom is -0.393 e. The van der Waals surface area contributed by atoms with Gasteiger partial charge in [-0.15, -0.1) is 0 Å². The Kier molecular flexibility index (Phi) is 3.66. The van der Waals surface area contributed by atoms with E-state index in [2.05, 4.69) is 13.8 Å². The molecule has 2 heteroatoms. The molecule has 0 bridgehead atoms. The summed E-state index contributed by atoms with van der Waals surface area (Å²) in [4.78, 5) is 0. The lowest BCUT2D eigenvalue weighted by Crippen LogP contribution is -2.54. The molecule has 0 aromatic carbocycles. The summed E-state index contributed by atoms with van der Waals surface area (Å²) in [6.07, 6.45) is 12.1. The second-order valence-electron chi connectivity index (χ2n) is 9.43. The van der Waals surface area contributed by atoms with Gasteiger partial charge in [0, 0.05) is 7.11 Å². The van der Waals surface area contributed by atoms with E-state index in [9.17, 15) is 5.11 Å². The van der Waals surface area contributed by atoms with Gasteiger partial charge < -0.3 is 9.84 Å². The maximum Gasteiger partial charge on any atom is 0.0627 e. The van der Waals surface area contributed by atoms with Crippen molar-refractivity contribution in [1.29, 1.82) is 0 Å². The van der Waals surface area contributed by atoms with Crippen molar-refractivity contribution in [3.8, 4) is 0 Å².